The molecule has 1 fully saturated rings. The molecule has 1 heterocycles. The van der Waals surface area contributed by atoms with Gasteiger partial charge in [0.1, 0.15) is 7.85 Å². The number of carbonyl (C=O) groups is 1. The first-order valence-electron chi connectivity index (χ1n) is 12.1. The van der Waals surface area contributed by atoms with Crippen LogP contribution in [0.5, 0.6) is 0 Å². The molecule has 1 saturated heterocycles. The summed E-state index contributed by atoms with van der Waals surface area (Å²) in [7, 11) is -3.72. The van der Waals surface area contributed by atoms with Crippen LogP contribution in [-0.4, -0.2) is 85.7 Å². The van der Waals surface area contributed by atoms with Gasteiger partial charge >= 0.3 is 13.6 Å². The molecule has 0 aromatic rings. The second kappa shape index (κ2) is 15.6. The van der Waals surface area contributed by atoms with Crippen LogP contribution in [0, 0.1) is 11.3 Å². The number of ether oxygens (including phenoxy) is 2. The predicted molar refractivity (Wildman–Crippen MR) is 134 cm³/mol. The minimum Gasteiger partial charge on any atom is -0.456 e. The highest BCUT2D eigenvalue weighted by Gasteiger charge is 2.50. The van der Waals surface area contributed by atoms with Crippen LogP contribution in [0.4, 0.5) is 0 Å². The van der Waals surface area contributed by atoms with Gasteiger partial charge in [-0.25, -0.2) is 4.67 Å². The van der Waals surface area contributed by atoms with Gasteiger partial charge in [0, 0.05) is 25.4 Å². The van der Waals surface area contributed by atoms with Crippen molar-refractivity contribution in [1.82, 2.24) is 4.67 Å². The first-order chi connectivity index (χ1) is 16.4. The number of nitriles is 1. The van der Waals surface area contributed by atoms with Gasteiger partial charge in [0.05, 0.1) is 50.5 Å². The van der Waals surface area contributed by atoms with E-state index in [4.69, 9.17) is 32.8 Å². The number of nitrogens with zero attached hydrogens (tertiary/aromatic N) is 2. The molecule has 14 heteroatoms. The summed E-state index contributed by atoms with van der Waals surface area (Å²) in [5.41, 5.74) is 0. The molecule has 11 nitrogen and oxygen atoms in total. The standard InChI is InChI=1S/C21H41BN2O9P2/c1-8-29-35(27,30-9-2)21(26)19(31-16(7)25)17-13-18(20(22)32-17)33-34(28-12-10-11-23)24(14(3)4)15(5)6/h14-15,17-21,26H,8-10,12-13,22H2,1-7H3/t17-,18-,19?,20+,21?,34?/m0/s1. The zero-order valence-electron chi connectivity index (χ0n) is 22.1. The van der Waals surface area contributed by atoms with Crippen LogP contribution in [0.2, 0.25) is 0 Å². The van der Waals surface area contributed by atoms with Crippen LogP contribution in [0.25, 0.3) is 0 Å². The van der Waals surface area contributed by atoms with Crippen molar-refractivity contribution in [2.45, 2.75) is 104 Å². The zero-order chi connectivity index (χ0) is 26.8. The average molecular weight is 538 g/mol. The average Bonchev–Trinajstić information content (AvgIpc) is 3.11. The van der Waals surface area contributed by atoms with E-state index < -0.39 is 52.3 Å². The molecular weight excluding hydrogens is 497 g/mol. The summed E-state index contributed by atoms with van der Waals surface area (Å²) in [4.78, 5) is 11.8. The normalized spacial score (nSPS) is 23.4. The van der Waals surface area contributed by atoms with E-state index in [1.54, 1.807) is 13.8 Å². The van der Waals surface area contributed by atoms with Crippen molar-refractivity contribution in [1.29, 1.82) is 5.26 Å². The van der Waals surface area contributed by atoms with Gasteiger partial charge in [-0.3, -0.25) is 9.36 Å². The molecule has 1 aliphatic heterocycles. The highest BCUT2D eigenvalue weighted by molar-refractivity contribution is 7.54. The maximum absolute atomic E-state index is 13.2. The Balaban J connectivity index is 3.14. The summed E-state index contributed by atoms with van der Waals surface area (Å²) in [6, 6.07) is 1.88. The van der Waals surface area contributed by atoms with Crippen LogP contribution in [0.1, 0.15) is 61.3 Å². The van der Waals surface area contributed by atoms with Crippen molar-refractivity contribution >= 4 is 29.9 Å². The van der Waals surface area contributed by atoms with E-state index in [1.165, 1.54) is 6.92 Å². The van der Waals surface area contributed by atoms with Gasteiger partial charge in [-0.1, -0.05) is 0 Å². The van der Waals surface area contributed by atoms with E-state index in [2.05, 4.69) is 10.7 Å². The molecule has 1 aliphatic rings. The summed E-state index contributed by atoms with van der Waals surface area (Å²) in [6.07, 6.45) is -2.08. The molecule has 0 aromatic carbocycles. The number of aliphatic hydroxyl groups excluding tert-OH is 1. The highest BCUT2D eigenvalue weighted by atomic mass is 31.2. The minimum absolute atomic E-state index is 0.0410. The van der Waals surface area contributed by atoms with Crippen LogP contribution in [0.3, 0.4) is 0 Å². The number of hydrogen-bond acceptors (Lipinski definition) is 11. The van der Waals surface area contributed by atoms with Crippen molar-refractivity contribution < 1.29 is 42.0 Å². The lowest BCUT2D eigenvalue weighted by Gasteiger charge is -2.37. The first-order valence-corrected chi connectivity index (χ1v) is 14.8. The van der Waals surface area contributed by atoms with Gasteiger partial charge < -0.3 is 32.7 Å². The molecule has 3 unspecified atom stereocenters. The molecule has 0 bridgehead atoms. The Hall–Kier alpha value is -0.595. The SMILES string of the molecule is B[C@@H]1O[C@H](C(OC(C)=O)C(O)P(=O)(OCC)OCC)C[C@@H]1OP(OCCC#N)N(C(C)C)C(C)C. The number of aliphatic hydroxyl groups is 1. The second-order valence-electron chi connectivity index (χ2n) is 8.67. The Morgan fingerprint density at radius 2 is 1.83 bits per heavy atom. The molecule has 6 atom stereocenters. The van der Waals surface area contributed by atoms with Crippen molar-refractivity contribution in [2.75, 3.05) is 19.8 Å². The monoisotopic (exact) mass is 538 g/mol. The smallest absolute Gasteiger partial charge is 0.362 e. The molecule has 0 amide bonds. The van der Waals surface area contributed by atoms with Crippen LogP contribution < -0.4 is 0 Å². The fraction of sp³-hybridized carbons (Fsp3) is 0.905. The van der Waals surface area contributed by atoms with E-state index in [1.807, 2.05) is 35.5 Å². The van der Waals surface area contributed by atoms with Gasteiger partial charge in [0.2, 0.25) is 0 Å². The maximum atomic E-state index is 13.2. The van der Waals surface area contributed by atoms with Gasteiger partial charge in [-0.2, -0.15) is 5.26 Å². The van der Waals surface area contributed by atoms with Crippen molar-refractivity contribution in [3.8, 4) is 6.07 Å². The Morgan fingerprint density at radius 1 is 1.26 bits per heavy atom. The quantitative estimate of drug-likeness (QED) is 0.134. The maximum Gasteiger partial charge on any atom is 0.362 e. The van der Waals surface area contributed by atoms with E-state index in [0.29, 0.717) is 0 Å². The third-order valence-electron chi connectivity index (χ3n) is 5.17. The lowest BCUT2D eigenvalue weighted by Crippen LogP contribution is -2.41. The minimum atomic E-state index is -4.00. The molecule has 202 valence electrons. The zero-order valence-corrected chi connectivity index (χ0v) is 23.9. The molecule has 35 heavy (non-hydrogen) atoms. The Kier molecular flexibility index (Phi) is 14.5. The van der Waals surface area contributed by atoms with Gasteiger partial charge in [-0.15, -0.1) is 0 Å². The lowest BCUT2D eigenvalue weighted by atomic mass is 9.94. The van der Waals surface area contributed by atoms with Gasteiger partial charge in [0.15, 0.2) is 11.9 Å². The number of carbonyl (C=O) groups excluding carboxylic acids is 1. The van der Waals surface area contributed by atoms with E-state index in [0.717, 1.165) is 0 Å². The van der Waals surface area contributed by atoms with Crippen molar-refractivity contribution in [2.24, 2.45) is 0 Å². The van der Waals surface area contributed by atoms with E-state index >= 15 is 0 Å². The number of rotatable bonds is 16. The van der Waals surface area contributed by atoms with Crippen LogP contribution in [-0.2, 0) is 36.9 Å². The fourth-order valence-electron chi connectivity index (χ4n) is 3.84. The Labute approximate surface area is 211 Å². The Morgan fingerprint density at radius 3 is 2.29 bits per heavy atom. The molecule has 0 saturated carbocycles. The molecule has 1 N–H and O–H groups in total. The van der Waals surface area contributed by atoms with Crippen LogP contribution in [0.15, 0.2) is 0 Å². The highest BCUT2D eigenvalue weighted by Crippen LogP contribution is 2.55. The van der Waals surface area contributed by atoms with Gasteiger partial charge in [-0.05, 0) is 41.5 Å². The summed E-state index contributed by atoms with van der Waals surface area (Å²) < 4.78 is 49.6. The molecule has 0 aliphatic carbocycles. The molecule has 0 radical (unpaired) electrons. The molecule has 1 rings (SSSR count). The Bertz CT molecular complexity index is 722. The third-order valence-corrected chi connectivity index (χ3v) is 9.50. The lowest BCUT2D eigenvalue weighted by molar-refractivity contribution is -0.159. The predicted octanol–water partition coefficient (Wildman–Crippen LogP) is 2.91. The number of esters is 1. The summed E-state index contributed by atoms with van der Waals surface area (Å²) in [5.74, 6) is -2.40. The second-order valence-corrected chi connectivity index (χ2v) is 12.2. The third kappa shape index (κ3) is 9.66. The first kappa shape index (κ1) is 32.4. The topological polar surface area (TPSA) is 137 Å². The van der Waals surface area contributed by atoms with Crippen LogP contribution >= 0.6 is 16.1 Å². The largest absolute Gasteiger partial charge is 0.456 e. The summed E-state index contributed by atoms with van der Waals surface area (Å²) >= 11 is 0. The fourth-order valence-corrected chi connectivity index (χ4v) is 7.35. The number of hydrogen-bond donors (Lipinski definition) is 1. The molecule has 0 aromatic heterocycles. The van der Waals surface area contributed by atoms with Crippen molar-refractivity contribution in [3.05, 3.63) is 0 Å². The summed E-state index contributed by atoms with van der Waals surface area (Å²) in [5, 5.41) is 19.9. The van der Waals surface area contributed by atoms with E-state index in [9.17, 15) is 14.5 Å². The van der Waals surface area contributed by atoms with E-state index in [-0.39, 0.29) is 44.7 Å². The van der Waals surface area contributed by atoms with Crippen molar-refractivity contribution in [3.63, 3.8) is 0 Å². The van der Waals surface area contributed by atoms with Gasteiger partial charge in [0.25, 0.3) is 8.53 Å². The summed E-state index contributed by atoms with van der Waals surface area (Å²) in [6.45, 7) is 12.9. The molecular formula is C21H41BN2O9P2. The molecule has 0 spiro atoms.